The fourth-order valence-corrected chi connectivity index (χ4v) is 2.31. The summed E-state index contributed by atoms with van der Waals surface area (Å²) in [4.78, 5) is 35.4. The molecular weight excluding hydrogens is 228 g/mol. The lowest BCUT2D eigenvalue weighted by Gasteiger charge is -2.07. The molecule has 18 heavy (non-hydrogen) atoms. The number of fused-ring (bicyclic) bond motifs is 2. The van der Waals surface area contributed by atoms with E-state index < -0.39 is 0 Å². The third-order valence-electron chi connectivity index (χ3n) is 3.31. The Hall–Kier alpha value is -2.21. The molecule has 88 valence electrons. The molecule has 0 heterocycles. The molecule has 3 heteroatoms. The zero-order valence-corrected chi connectivity index (χ0v) is 9.71. The summed E-state index contributed by atoms with van der Waals surface area (Å²) in [5.74, 6) is 5.13. The maximum atomic E-state index is 11.9. The highest BCUT2D eigenvalue weighted by Gasteiger charge is 2.33. The number of carbonyl (C=O) groups is 2. The average molecular weight is 238 g/mol. The van der Waals surface area contributed by atoms with Gasteiger partial charge in [0.2, 0.25) is 0 Å². The maximum Gasteiger partial charge on any atom is 0.195 e. The zero-order valence-electron chi connectivity index (χ0n) is 9.71. The second-order valence-electron chi connectivity index (χ2n) is 4.50. The monoisotopic (exact) mass is 238 g/mol. The molecule has 1 aromatic rings. The van der Waals surface area contributed by atoms with Gasteiger partial charge in [-0.1, -0.05) is 11.8 Å². The molecule has 2 aliphatic rings. The molecule has 0 atom stereocenters. The average Bonchev–Trinajstić information content (AvgIpc) is 2.99. The minimum atomic E-state index is -0.280. The molecular formula is C15H10O3. The number of carbonyl (C=O) groups excluding carboxylic acids is 2. The van der Waals surface area contributed by atoms with Gasteiger partial charge in [0.05, 0.1) is 11.1 Å². The van der Waals surface area contributed by atoms with Gasteiger partial charge in [-0.25, -0.2) is 0 Å². The molecule has 0 saturated heterocycles. The third-order valence-corrected chi connectivity index (χ3v) is 3.31. The van der Waals surface area contributed by atoms with E-state index in [1.165, 1.54) is 12.2 Å². The van der Waals surface area contributed by atoms with Gasteiger partial charge in [-0.2, -0.15) is 0 Å². The minimum absolute atomic E-state index is 0.0670. The summed E-state index contributed by atoms with van der Waals surface area (Å²) in [5.41, 5.74) is 1.52. The SMILES string of the molecule is O=C1C=CC(=O)C2=C1C#CCCCCc1c2c1=O. The topological polar surface area (TPSA) is 51.2 Å². The first-order valence-electron chi connectivity index (χ1n) is 5.98. The van der Waals surface area contributed by atoms with Crippen molar-refractivity contribution >= 4 is 17.1 Å². The summed E-state index contributed by atoms with van der Waals surface area (Å²) in [6.45, 7) is 0. The van der Waals surface area contributed by atoms with Crippen LogP contribution in [-0.4, -0.2) is 11.6 Å². The Kier molecular flexibility index (Phi) is 2.38. The van der Waals surface area contributed by atoms with Crippen molar-refractivity contribution in [2.45, 2.75) is 25.7 Å². The molecule has 0 saturated carbocycles. The lowest BCUT2D eigenvalue weighted by molar-refractivity contribution is -0.113. The Morgan fingerprint density at radius 3 is 2.61 bits per heavy atom. The molecule has 2 aliphatic carbocycles. The van der Waals surface area contributed by atoms with Crippen molar-refractivity contribution in [3.8, 4) is 11.8 Å². The van der Waals surface area contributed by atoms with Crippen molar-refractivity contribution in [1.82, 2.24) is 0 Å². The first-order valence-corrected chi connectivity index (χ1v) is 5.98. The second kappa shape index (κ2) is 3.92. The van der Waals surface area contributed by atoms with Gasteiger partial charge in [0.25, 0.3) is 0 Å². The van der Waals surface area contributed by atoms with Crippen molar-refractivity contribution in [2.75, 3.05) is 0 Å². The van der Waals surface area contributed by atoms with E-state index in [4.69, 9.17) is 0 Å². The Morgan fingerprint density at radius 1 is 1.00 bits per heavy atom. The van der Waals surface area contributed by atoms with Crippen molar-refractivity contribution in [3.05, 3.63) is 39.1 Å². The molecule has 0 bridgehead atoms. The van der Waals surface area contributed by atoms with Crippen LogP contribution in [-0.2, 0) is 16.0 Å². The summed E-state index contributed by atoms with van der Waals surface area (Å²) >= 11 is 0. The van der Waals surface area contributed by atoms with Gasteiger partial charge in [0, 0.05) is 17.5 Å². The highest BCUT2D eigenvalue weighted by molar-refractivity contribution is 6.38. The van der Waals surface area contributed by atoms with E-state index in [-0.39, 0.29) is 28.1 Å². The van der Waals surface area contributed by atoms with E-state index in [1.807, 2.05) is 0 Å². The van der Waals surface area contributed by atoms with Crippen LogP contribution < -0.4 is 5.43 Å². The van der Waals surface area contributed by atoms with E-state index in [0.717, 1.165) is 12.8 Å². The standard InChI is InChI=1S/C15H10O3/c16-11-7-8-12(17)13-9(11)5-3-1-2-4-6-10-14(13)15(10)18/h7-8H,1-2,4,6H2. The van der Waals surface area contributed by atoms with E-state index in [1.54, 1.807) is 0 Å². The molecule has 0 unspecified atom stereocenters. The third kappa shape index (κ3) is 1.58. The normalized spacial score (nSPS) is 19.3. The number of allylic oxidation sites excluding steroid dienone is 4. The van der Waals surface area contributed by atoms with E-state index in [0.29, 0.717) is 24.0 Å². The Balaban J connectivity index is 2.20. The fourth-order valence-electron chi connectivity index (χ4n) is 2.31. The molecule has 0 amide bonds. The summed E-state index contributed by atoms with van der Waals surface area (Å²) in [5, 5.41) is 0. The van der Waals surface area contributed by atoms with Gasteiger partial charge in [0.15, 0.2) is 17.0 Å². The summed E-state index contributed by atoms with van der Waals surface area (Å²) in [7, 11) is 0. The molecule has 0 spiro atoms. The van der Waals surface area contributed by atoms with Crippen LogP contribution in [0, 0.1) is 11.8 Å². The van der Waals surface area contributed by atoms with E-state index >= 15 is 0 Å². The van der Waals surface area contributed by atoms with Crippen LogP contribution in [0.15, 0.2) is 22.5 Å². The number of hydrogen-bond donors (Lipinski definition) is 0. The van der Waals surface area contributed by atoms with Crippen molar-refractivity contribution in [2.24, 2.45) is 0 Å². The van der Waals surface area contributed by atoms with Gasteiger partial charge in [0.1, 0.15) is 0 Å². The zero-order chi connectivity index (χ0) is 12.7. The molecule has 3 nitrogen and oxygen atoms in total. The largest absolute Gasteiger partial charge is 0.289 e. The Labute approximate surface area is 104 Å². The van der Waals surface area contributed by atoms with Crippen LogP contribution >= 0.6 is 0 Å². The van der Waals surface area contributed by atoms with Crippen LogP contribution in [0.3, 0.4) is 0 Å². The van der Waals surface area contributed by atoms with Crippen molar-refractivity contribution in [1.29, 1.82) is 0 Å². The van der Waals surface area contributed by atoms with Gasteiger partial charge in [-0.3, -0.25) is 14.4 Å². The first kappa shape index (κ1) is 10.9. The predicted octanol–water partition coefficient (Wildman–Crippen LogP) is 1.11. The lowest BCUT2D eigenvalue weighted by atomic mass is 9.92. The summed E-state index contributed by atoms with van der Waals surface area (Å²) in [6.07, 6.45) is 5.66. The smallest absolute Gasteiger partial charge is 0.195 e. The second-order valence-corrected chi connectivity index (χ2v) is 4.50. The number of hydrogen-bond acceptors (Lipinski definition) is 3. The first-order chi connectivity index (χ1) is 8.70. The van der Waals surface area contributed by atoms with E-state index in [2.05, 4.69) is 11.8 Å². The quantitative estimate of drug-likeness (QED) is 0.502. The summed E-state index contributed by atoms with van der Waals surface area (Å²) in [6, 6.07) is 0. The fraction of sp³-hybridized carbons (Fsp3) is 0.267. The molecule has 0 N–H and O–H groups in total. The van der Waals surface area contributed by atoms with Crippen molar-refractivity contribution in [3.63, 3.8) is 0 Å². The van der Waals surface area contributed by atoms with Crippen molar-refractivity contribution < 1.29 is 9.59 Å². The highest BCUT2D eigenvalue weighted by atomic mass is 16.1. The van der Waals surface area contributed by atoms with Crippen LogP contribution in [0.25, 0.3) is 5.57 Å². The Bertz CT molecular complexity index is 695. The highest BCUT2D eigenvalue weighted by Crippen LogP contribution is 2.30. The van der Waals surface area contributed by atoms with Gasteiger partial charge in [-0.15, -0.1) is 0 Å². The molecule has 0 fully saturated rings. The van der Waals surface area contributed by atoms with Crippen LogP contribution in [0.1, 0.15) is 30.4 Å². The Morgan fingerprint density at radius 2 is 1.78 bits per heavy atom. The van der Waals surface area contributed by atoms with Crippen LogP contribution in [0.2, 0.25) is 0 Å². The van der Waals surface area contributed by atoms with Gasteiger partial charge >= 0.3 is 0 Å². The minimum Gasteiger partial charge on any atom is -0.289 e. The summed E-state index contributed by atoms with van der Waals surface area (Å²) < 4.78 is 0. The van der Waals surface area contributed by atoms with Crippen LogP contribution in [0.5, 0.6) is 0 Å². The number of ketones is 2. The maximum absolute atomic E-state index is 11.9. The predicted molar refractivity (Wildman–Crippen MR) is 66.5 cm³/mol. The van der Waals surface area contributed by atoms with Gasteiger partial charge < -0.3 is 0 Å². The molecule has 0 aliphatic heterocycles. The lowest BCUT2D eigenvalue weighted by Crippen LogP contribution is -2.12. The molecule has 0 radical (unpaired) electrons. The van der Waals surface area contributed by atoms with E-state index in [9.17, 15) is 14.4 Å². The van der Waals surface area contributed by atoms with Crippen LogP contribution in [0.4, 0.5) is 0 Å². The number of rotatable bonds is 0. The molecule has 3 rings (SSSR count). The molecule has 0 aromatic heterocycles. The molecule has 1 aromatic carbocycles. The van der Waals surface area contributed by atoms with Gasteiger partial charge in [-0.05, 0) is 31.4 Å².